The molecule has 0 aliphatic heterocycles. The first kappa shape index (κ1) is 18.4. The summed E-state index contributed by atoms with van der Waals surface area (Å²) in [7, 11) is 0. The van der Waals surface area contributed by atoms with Gasteiger partial charge in [0.25, 0.3) is 0 Å². The van der Waals surface area contributed by atoms with E-state index in [1.54, 1.807) is 12.7 Å². The zero-order valence-electron chi connectivity index (χ0n) is 15.7. The van der Waals surface area contributed by atoms with E-state index in [2.05, 4.69) is 70.9 Å². The van der Waals surface area contributed by atoms with Crippen LogP contribution in [0, 0.1) is 19.8 Å². The third-order valence-electron chi connectivity index (χ3n) is 4.66. The molecule has 2 heterocycles. The van der Waals surface area contributed by atoms with Crippen LogP contribution in [0.3, 0.4) is 0 Å². The predicted octanol–water partition coefficient (Wildman–Crippen LogP) is 2.64. The maximum atomic E-state index is 9.50. The molecule has 6 heteroatoms. The third kappa shape index (κ3) is 4.20. The van der Waals surface area contributed by atoms with Gasteiger partial charge in [0.05, 0.1) is 0 Å². The SMILES string of the molecule is Cc1cc(CN(Cc2ccccc2)CC(C)CO)c(C)n1-n1cnnc1. The summed E-state index contributed by atoms with van der Waals surface area (Å²) in [5.41, 5.74) is 4.88. The zero-order valence-corrected chi connectivity index (χ0v) is 15.7. The first-order valence-electron chi connectivity index (χ1n) is 8.98. The lowest BCUT2D eigenvalue weighted by atomic mass is 10.1. The maximum absolute atomic E-state index is 9.50. The fourth-order valence-electron chi connectivity index (χ4n) is 3.40. The Bertz CT molecular complexity index is 810. The van der Waals surface area contributed by atoms with Crippen molar-refractivity contribution in [1.82, 2.24) is 24.4 Å². The normalized spacial score (nSPS) is 12.7. The van der Waals surface area contributed by atoms with Crippen LogP contribution in [0.2, 0.25) is 0 Å². The van der Waals surface area contributed by atoms with E-state index in [4.69, 9.17) is 0 Å². The van der Waals surface area contributed by atoms with E-state index in [9.17, 15) is 5.11 Å². The fourth-order valence-corrected chi connectivity index (χ4v) is 3.40. The first-order valence-corrected chi connectivity index (χ1v) is 8.98. The smallest absolute Gasteiger partial charge is 0.139 e. The van der Waals surface area contributed by atoms with Crippen molar-refractivity contribution < 1.29 is 5.11 Å². The van der Waals surface area contributed by atoms with Gasteiger partial charge < -0.3 is 5.11 Å². The molecule has 0 aliphatic carbocycles. The minimum atomic E-state index is 0.199. The van der Waals surface area contributed by atoms with Crippen molar-refractivity contribution in [3.63, 3.8) is 0 Å². The monoisotopic (exact) mass is 353 g/mol. The van der Waals surface area contributed by atoms with Crippen molar-refractivity contribution in [2.45, 2.75) is 33.9 Å². The van der Waals surface area contributed by atoms with Gasteiger partial charge in [0.1, 0.15) is 12.7 Å². The Morgan fingerprint density at radius 1 is 1.08 bits per heavy atom. The van der Waals surface area contributed by atoms with Gasteiger partial charge in [-0.2, -0.15) is 0 Å². The average molecular weight is 353 g/mol. The van der Waals surface area contributed by atoms with Gasteiger partial charge in [-0.25, -0.2) is 4.68 Å². The Hall–Kier alpha value is -2.44. The maximum Gasteiger partial charge on any atom is 0.139 e. The van der Waals surface area contributed by atoms with Crippen LogP contribution in [-0.4, -0.2) is 42.7 Å². The van der Waals surface area contributed by atoms with E-state index in [0.29, 0.717) is 0 Å². The molecule has 0 spiro atoms. The summed E-state index contributed by atoms with van der Waals surface area (Å²) >= 11 is 0. The highest BCUT2D eigenvalue weighted by Crippen LogP contribution is 2.19. The molecule has 1 unspecified atom stereocenters. The van der Waals surface area contributed by atoms with Gasteiger partial charge in [0.2, 0.25) is 0 Å². The Kier molecular flexibility index (Phi) is 5.85. The Balaban J connectivity index is 1.83. The second-order valence-electron chi connectivity index (χ2n) is 6.99. The van der Waals surface area contributed by atoms with Gasteiger partial charge >= 0.3 is 0 Å². The summed E-state index contributed by atoms with van der Waals surface area (Å²) in [5, 5.41) is 17.3. The summed E-state index contributed by atoms with van der Waals surface area (Å²) in [4.78, 5) is 2.40. The highest BCUT2D eigenvalue weighted by atomic mass is 16.3. The van der Waals surface area contributed by atoms with Crippen molar-refractivity contribution in [2.24, 2.45) is 5.92 Å². The molecule has 6 nitrogen and oxygen atoms in total. The molecular weight excluding hydrogens is 326 g/mol. The number of nitrogens with zero attached hydrogens (tertiary/aromatic N) is 5. The van der Waals surface area contributed by atoms with Crippen molar-refractivity contribution in [3.8, 4) is 0 Å². The van der Waals surface area contributed by atoms with Gasteiger partial charge in [0, 0.05) is 37.6 Å². The van der Waals surface area contributed by atoms with E-state index < -0.39 is 0 Å². The van der Waals surface area contributed by atoms with Crippen LogP contribution in [0.25, 0.3) is 0 Å². The van der Waals surface area contributed by atoms with Crippen molar-refractivity contribution >= 4 is 0 Å². The third-order valence-corrected chi connectivity index (χ3v) is 4.66. The second-order valence-corrected chi connectivity index (χ2v) is 6.99. The van der Waals surface area contributed by atoms with Gasteiger partial charge in [-0.05, 0) is 37.0 Å². The molecule has 0 saturated heterocycles. The summed E-state index contributed by atoms with van der Waals surface area (Å²) in [6.07, 6.45) is 3.42. The molecule has 0 saturated carbocycles. The molecule has 1 aromatic carbocycles. The van der Waals surface area contributed by atoms with Crippen molar-refractivity contribution in [2.75, 3.05) is 13.2 Å². The van der Waals surface area contributed by atoms with Crippen LogP contribution in [0.4, 0.5) is 0 Å². The molecule has 1 N–H and O–H groups in total. The summed E-state index contributed by atoms with van der Waals surface area (Å²) in [6.45, 7) is 9.04. The first-order chi connectivity index (χ1) is 12.6. The van der Waals surface area contributed by atoms with Gasteiger partial charge in [0.15, 0.2) is 0 Å². The molecule has 2 aromatic heterocycles. The van der Waals surface area contributed by atoms with Gasteiger partial charge in [-0.15, -0.1) is 10.2 Å². The van der Waals surface area contributed by atoms with Crippen molar-refractivity contribution in [3.05, 3.63) is 71.6 Å². The second kappa shape index (κ2) is 8.29. The number of aromatic nitrogens is 4. The molecular formula is C20H27N5O. The summed E-state index contributed by atoms with van der Waals surface area (Å²) in [6, 6.07) is 12.7. The van der Waals surface area contributed by atoms with E-state index in [1.165, 1.54) is 16.8 Å². The Morgan fingerprint density at radius 3 is 2.42 bits per heavy atom. The van der Waals surface area contributed by atoms with E-state index in [0.717, 1.165) is 25.3 Å². The number of hydrogen-bond acceptors (Lipinski definition) is 4. The number of aryl methyl sites for hydroxylation is 1. The molecule has 0 amide bonds. The Labute approximate surface area is 154 Å². The van der Waals surface area contributed by atoms with Crippen molar-refractivity contribution in [1.29, 1.82) is 0 Å². The van der Waals surface area contributed by atoms with Crippen LogP contribution >= 0.6 is 0 Å². The molecule has 138 valence electrons. The molecule has 26 heavy (non-hydrogen) atoms. The molecule has 0 fully saturated rings. The zero-order chi connectivity index (χ0) is 18.5. The number of hydrogen-bond donors (Lipinski definition) is 1. The molecule has 0 bridgehead atoms. The molecule has 3 aromatic rings. The molecule has 1 atom stereocenters. The van der Waals surface area contributed by atoms with Crippen LogP contribution in [0.1, 0.15) is 29.4 Å². The number of aliphatic hydroxyl groups excluding tert-OH is 1. The quantitative estimate of drug-likeness (QED) is 0.676. The number of aliphatic hydroxyl groups is 1. The lowest BCUT2D eigenvalue weighted by Crippen LogP contribution is -2.29. The fraction of sp³-hybridized carbons (Fsp3) is 0.400. The largest absolute Gasteiger partial charge is 0.396 e. The lowest BCUT2D eigenvalue weighted by Gasteiger charge is -2.25. The van der Waals surface area contributed by atoms with E-state index in [1.807, 2.05) is 10.7 Å². The lowest BCUT2D eigenvalue weighted by molar-refractivity contribution is 0.163. The summed E-state index contributed by atoms with van der Waals surface area (Å²) < 4.78 is 4.01. The average Bonchev–Trinajstić information content (AvgIpc) is 3.24. The van der Waals surface area contributed by atoms with Crippen LogP contribution < -0.4 is 0 Å². The highest BCUT2D eigenvalue weighted by Gasteiger charge is 2.16. The predicted molar refractivity (Wildman–Crippen MR) is 102 cm³/mol. The van der Waals surface area contributed by atoms with Crippen LogP contribution in [0.15, 0.2) is 49.1 Å². The van der Waals surface area contributed by atoms with Gasteiger partial charge in [-0.1, -0.05) is 37.3 Å². The van der Waals surface area contributed by atoms with E-state index >= 15 is 0 Å². The minimum Gasteiger partial charge on any atom is -0.396 e. The number of rotatable bonds is 8. The van der Waals surface area contributed by atoms with Crippen LogP contribution in [-0.2, 0) is 13.1 Å². The topological polar surface area (TPSA) is 59.1 Å². The molecule has 3 rings (SSSR count). The molecule has 0 aliphatic rings. The highest BCUT2D eigenvalue weighted by molar-refractivity contribution is 5.27. The minimum absolute atomic E-state index is 0.199. The molecule has 0 radical (unpaired) electrons. The standard InChI is InChI=1S/C20H27N5O/c1-16(13-26)10-23(11-19-7-5-4-6-8-19)12-20-9-17(2)25(18(20)3)24-14-21-22-15-24/h4-9,14-16,26H,10-13H2,1-3H3. The van der Waals surface area contributed by atoms with Crippen LogP contribution in [0.5, 0.6) is 0 Å². The Morgan fingerprint density at radius 2 is 1.77 bits per heavy atom. The number of benzene rings is 1. The van der Waals surface area contributed by atoms with E-state index in [-0.39, 0.29) is 12.5 Å². The van der Waals surface area contributed by atoms with Gasteiger partial charge in [-0.3, -0.25) is 9.58 Å². The summed E-state index contributed by atoms with van der Waals surface area (Å²) in [5.74, 6) is 0.236.